The van der Waals surface area contributed by atoms with Crippen molar-refractivity contribution < 1.29 is 49.4 Å². The van der Waals surface area contributed by atoms with E-state index in [1.54, 1.807) is 0 Å². The molecule has 0 spiro atoms. The van der Waals surface area contributed by atoms with Crippen LogP contribution in [-0.4, -0.2) is 20.0 Å². The zero-order chi connectivity index (χ0) is 25.6. The van der Waals surface area contributed by atoms with E-state index < -0.39 is 0 Å². The topological polar surface area (TPSA) is 40.5 Å². The first-order valence-corrected chi connectivity index (χ1v) is 13.3. The van der Waals surface area contributed by atoms with Crippen LogP contribution in [0.25, 0.3) is 0 Å². The van der Waals surface area contributed by atoms with Gasteiger partial charge in [0, 0.05) is 0 Å². The predicted octanol–water partition coefficient (Wildman–Crippen LogP) is 1.38. The van der Waals surface area contributed by atoms with Gasteiger partial charge in [0.2, 0.25) is 0 Å². The van der Waals surface area contributed by atoms with E-state index in [2.05, 4.69) is 117 Å². The molecule has 2 aromatic carbocycles. The summed E-state index contributed by atoms with van der Waals surface area (Å²) in [7, 11) is 0. The van der Waals surface area contributed by atoms with Crippen LogP contribution in [0.3, 0.4) is 0 Å². The molecule has 0 unspecified atom stereocenters. The molecule has 0 amide bonds. The van der Waals surface area contributed by atoms with Crippen LogP contribution in [0.2, 0.25) is 0 Å². The Hall–Kier alpha value is -1.11. The molecule has 196 valence electrons. The molecule has 2 rings (SSSR count). The van der Waals surface area contributed by atoms with Gasteiger partial charge < -0.3 is 24.8 Å². The molecule has 0 bridgehead atoms. The number of hydrogen-bond acceptors (Lipinski definition) is 2. The number of benzene rings is 2. The molecule has 0 aliphatic carbocycles. The van der Waals surface area contributed by atoms with Crippen molar-refractivity contribution in [3.8, 4) is 11.5 Å². The minimum absolute atomic E-state index is 0. The van der Waals surface area contributed by atoms with E-state index in [0.717, 1.165) is 22.3 Å². The summed E-state index contributed by atoms with van der Waals surface area (Å²) >= 11 is -0.0354. The minimum Gasteiger partial charge on any atom is -1.00 e. The van der Waals surface area contributed by atoms with Crippen LogP contribution in [0.4, 0.5) is 0 Å². The predicted molar refractivity (Wildman–Crippen MR) is 141 cm³/mol. The van der Waals surface area contributed by atoms with Crippen molar-refractivity contribution in [1.29, 1.82) is 0 Å². The maximum atomic E-state index is 11.1. The summed E-state index contributed by atoms with van der Waals surface area (Å²) in [5.74, 6) is 0.739. The maximum Gasteiger partial charge on any atom is -1.00 e. The molecule has 0 saturated carbocycles. The average molecular weight is 560 g/mol. The quantitative estimate of drug-likeness (QED) is 0.584. The van der Waals surface area contributed by atoms with Gasteiger partial charge in [0.15, 0.2) is 0 Å². The van der Waals surface area contributed by atoms with Crippen molar-refractivity contribution in [2.45, 2.75) is 105 Å². The smallest absolute Gasteiger partial charge is 1.00 e. The van der Waals surface area contributed by atoms with Crippen molar-refractivity contribution in [2.75, 3.05) is 0 Å². The zero-order valence-electron chi connectivity index (χ0n) is 23.5. The summed E-state index contributed by atoms with van der Waals surface area (Å²) in [6, 6.07) is 8.54. The van der Waals surface area contributed by atoms with Crippen LogP contribution in [-0.2, 0) is 36.0 Å². The Kier molecular flexibility index (Phi) is 11.2. The summed E-state index contributed by atoms with van der Waals surface area (Å²) in [6.45, 7) is 26.1. The van der Waals surface area contributed by atoms with Gasteiger partial charge in [0.05, 0.1) is 0 Å². The van der Waals surface area contributed by atoms with Crippen molar-refractivity contribution in [2.24, 2.45) is 0 Å². The molecule has 5 heteroatoms. The molecule has 35 heavy (non-hydrogen) atoms. The molecule has 0 heterocycles. The monoisotopic (exact) mass is 558 g/mol. The summed E-state index contributed by atoms with van der Waals surface area (Å²) in [6.07, 6.45) is 0. The second-order valence-electron chi connectivity index (χ2n) is 13.3. The Bertz CT molecular complexity index is 1010. The fourth-order valence-corrected chi connectivity index (χ4v) is 4.81. The summed E-state index contributed by atoms with van der Waals surface area (Å²) in [5.41, 5.74) is 5.85. The van der Waals surface area contributed by atoms with Crippen molar-refractivity contribution in [1.82, 2.24) is 0 Å². The van der Waals surface area contributed by atoms with E-state index in [0.29, 0.717) is 11.5 Å². The molecule has 0 aliphatic heterocycles. The normalized spacial score (nSPS) is 12.2. The van der Waals surface area contributed by atoms with Gasteiger partial charge in [-0.25, -0.2) is 0 Å². The van der Waals surface area contributed by atoms with E-state index in [1.165, 1.54) is 11.1 Å². The molecular weight excluding hydrogens is 515 g/mol. The van der Waals surface area contributed by atoms with Crippen molar-refractivity contribution in [3.05, 3.63) is 57.6 Å². The zero-order valence-corrected chi connectivity index (χ0v) is 26.3. The molecule has 0 aromatic heterocycles. The Labute approximate surface area is 232 Å². The Morgan fingerprint density at radius 1 is 0.514 bits per heavy atom. The van der Waals surface area contributed by atoms with E-state index in [9.17, 15) is 10.2 Å². The number of aromatic hydroxyl groups is 2. The van der Waals surface area contributed by atoms with Gasteiger partial charge in [-0.3, -0.25) is 0 Å². The first kappa shape index (κ1) is 33.9. The van der Waals surface area contributed by atoms with Gasteiger partial charge >= 0.3 is 208 Å². The standard InChI is InChI=1S/2C15H22O.2ClH.Cr/c2*1-10-8-11(14(2,3)4)9-12(13(10)16)15(5,6)7;;;/h2*1,8-9,16H,2-7H3;2*1H;/q;;;;+2/p-2. The van der Waals surface area contributed by atoms with E-state index in [-0.39, 0.29) is 60.8 Å². The molecule has 0 fully saturated rings. The van der Waals surface area contributed by atoms with Crippen LogP contribution in [0.1, 0.15) is 116 Å². The van der Waals surface area contributed by atoms with Crippen LogP contribution >= 0.6 is 0 Å². The average Bonchev–Trinajstić information content (AvgIpc) is 2.60. The second-order valence-corrected chi connectivity index (χ2v) is 14.5. The largest absolute Gasteiger partial charge is 1.00 e. The first-order chi connectivity index (χ1) is 14.7. The van der Waals surface area contributed by atoms with E-state index >= 15 is 0 Å². The van der Waals surface area contributed by atoms with Gasteiger partial charge in [-0.05, 0) is 0 Å². The van der Waals surface area contributed by atoms with Gasteiger partial charge in [0.1, 0.15) is 0 Å². The third-order valence-electron chi connectivity index (χ3n) is 6.02. The van der Waals surface area contributed by atoms with E-state index in [1.807, 2.05) is 0 Å². The SMILES string of the molecule is CC(C)(C)c1cc([CH]=[Cr+2]=[CH]c2cc(C(C)(C)C)cc(C(C)(C)C)c2O)c(O)c(C(C)(C)C)c1.[Cl-].[Cl-]. The maximum absolute atomic E-state index is 11.1. The van der Waals surface area contributed by atoms with Gasteiger partial charge in [-0.15, -0.1) is 0 Å². The number of halogens is 2. The van der Waals surface area contributed by atoms with Crippen LogP contribution in [0, 0.1) is 0 Å². The fraction of sp³-hybridized carbons (Fsp3) is 0.533. The number of phenols is 2. The number of hydrogen-bond donors (Lipinski definition) is 2. The van der Waals surface area contributed by atoms with Crippen LogP contribution < -0.4 is 24.8 Å². The van der Waals surface area contributed by atoms with Crippen molar-refractivity contribution in [3.63, 3.8) is 0 Å². The van der Waals surface area contributed by atoms with Crippen LogP contribution in [0.5, 0.6) is 11.5 Å². The molecule has 2 aromatic rings. The first-order valence-electron chi connectivity index (χ1n) is 11.8. The molecule has 0 saturated heterocycles. The minimum atomic E-state index is -0.147. The third-order valence-corrected chi connectivity index (χ3v) is 7.23. The Morgan fingerprint density at radius 2 is 0.800 bits per heavy atom. The Morgan fingerprint density at radius 3 is 1.03 bits per heavy atom. The fourth-order valence-electron chi connectivity index (χ4n) is 3.68. The summed E-state index contributed by atoms with van der Waals surface area (Å²) < 4.78 is 0. The van der Waals surface area contributed by atoms with Crippen LogP contribution in [0.15, 0.2) is 24.3 Å². The summed E-state index contributed by atoms with van der Waals surface area (Å²) in [4.78, 5) is 4.26. The molecule has 0 aliphatic rings. The molecular formula is C30H44Cl2CrO2. The molecule has 0 atom stereocenters. The summed E-state index contributed by atoms with van der Waals surface area (Å²) in [5, 5.41) is 22.2. The third kappa shape index (κ3) is 8.47. The number of rotatable bonds is 2. The number of phenolic OH excluding ortho intramolecular Hbond substituents is 2. The Balaban J connectivity index is 0.00000578. The molecule has 2 N–H and O–H groups in total. The molecule has 2 nitrogen and oxygen atoms in total. The molecule has 0 radical (unpaired) electrons. The van der Waals surface area contributed by atoms with E-state index in [4.69, 9.17) is 0 Å². The van der Waals surface area contributed by atoms with Gasteiger partial charge in [0.25, 0.3) is 0 Å². The van der Waals surface area contributed by atoms with Crippen molar-refractivity contribution >= 4 is 9.77 Å². The van der Waals surface area contributed by atoms with Gasteiger partial charge in [-0.2, -0.15) is 0 Å². The van der Waals surface area contributed by atoms with Gasteiger partial charge in [-0.1, -0.05) is 0 Å². The second kappa shape index (κ2) is 11.5.